The van der Waals surface area contributed by atoms with E-state index in [1.807, 2.05) is 30.3 Å². The maximum Gasteiger partial charge on any atom is 0.295 e. The van der Waals surface area contributed by atoms with Gasteiger partial charge in [0, 0.05) is 11.3 Å². The number of carbonyl (C=O) groups excluding carboxylic acids is 1. The van der Waals surface area contributed by atoms with Gasteiger partial charge in [0.15, 0.2) is 5.82 Å². The van der Waals surface area contributed by atoms with Crippen molar-refractivity contribution in [2.45, 2.75) is 0 Å². The van der Waals surface area contributed by atoms with Gasteiger partial charge in [-0.2, -0.15) is 0 Å². The number of hydrogen-bond acceptors (Lipinski definition) is 3. The first-order valence-electron chi connectivity index (χ1n) is 8.56. The van der Waals surface area contributed by atoms with Crippen LogP contribution in [0, 0.1) is 5.82 Å². The van der Waals surface area contributed by atoms with Crippen LogP contribution in [0.25, 0.3) is 17.1 Å². The number of aromatic nitrogens is 3. The highest BCUT2D eigenvalue weighted by Gasteiger charge is 2.19. The maximum atomic E-state index is 13.3. The minimum Gasteiger partial charge on any atom is -0.319 e. The Bertz CT molecular complexity index is 1180. The third-order valence-electron chi connectivity index (χ3n) is 4.09. The molecule has 4 aromatic rings. The Kier molecular flexibility index (Phi) is 5.29. The minimum atomic E-state index is -0.513. The molecule has 1 amide bonds. The van der Waals surface area contributed by atoms with Crippen molar-refractivity contribution in [3.05, 3.63) is 94.5 Å². The molecule has 8 heteroatoms. The summed E-state index contributed by atoms with van der Waals surface area (Å²) in [4.78, 5) is 17.1. The molecule has 0 aliphatic carbocycles. The van der Waals surface area contributed by atoms with E-state index >= 15 is 0 Å². The molecule has 0 atom stereocenters. The Labute approximate surface area is 175 Å². The van der Waals surface area contributed by atoms with Gasteiger partial charge in [-0.1, -0.05) is 53.5 Å². The Morgan fingerprint density at radius 3 is 2.34 bits per heavy atom. The molecule has 0 aliphatic rings. The normalized spacial score (nSPS) is 10.7. The van der Waals surface area contributed by atoms with E-state index in [4.69, 9.17) is 23.2 Å². The fourth-order valence-corrected chi connectivity index (χ4v) is 3.00. The molecule has 0 saturated heterocycles. The standard InChI is InChI=1S/C21H13Cl2FN4O/c22-17-11-8-15(12-18(17)23)25-21(29)19-26-20(13-4-2-1-3-5-13)28(27-19)16-9-6-14(24)7-10-16/h1-12H,(H,25,29). The first-order chi connectivity index (χ1) is 14.0. The molecule has 0 unspecified atom stereocenters. The second-order valence-corrected chi connectivity index (χ2v) is 6.91. The number of hydrogen-bond donors (Lipinski definition) is 1. The summed E-state index contributed by atoms with van der Waals surface area (Å²) in [5.41, 5.74) is 1.80. The van der Waals surface area contributed by atoms with E-state index in [1.54, 1.807) is 24.3 Å². The largest absolute Gasteiger partial charge is 0.319 e. The van der Waals surface area contributed by atoms with Crippen molar-refractivity contribution in [1.82, 2.24) is 14.8 Å². The predicted molar refractivity (Wildman–Crippen MR) is 111 cm³/mol. The summed E-state index contributed by atoms with van der Waals surface area (Å²) < 4.78 is 14.8. The van der Waals surface area contributed by atoms with E-state index < -0.39 is 5.91 Å². The zero-order valence-electron chi connectivity index (χ0n) is 14.8. The lowest BCUT2D eigenvalue weighted by Crippen LogP contribution is -2.14. The highest BCUT2D eigenvalue weighted by atomic mass is 35.5. The second-order valence-electron chi connectivity index (χ2n) is 6.10. The third kappa shape index (κ3) is 4.13. The summed E-state index contributed by atoms with van der Waals surface area (Å²) in [6.45, 7) is 0. The smallest absolute Gasteiger partial charge is 0.295 e. The van der Waals surface area contributed by atoms with Crippen LogP contribution >= 0.6 is 23.2 Å². The summed E-state index contributed by atoms with van der Waals surface area (Å²) in [5.74, 6) is -0.468. The van der Waals surface area contributed by atoms with E-state index in [-0.39, 0.29) is 11.6 Å². The number of benzene rings is 3. The lowest BCUT2D eigenvalue weighted by molar-refractivity contribution is 0.101. The molecule has 0 bridgehead atoms. The lowest BCUT2D eigenvalue weighted by Gasteiger charge is -2.05. The van der Waals surface area contributed by atoms with E-state index in [2.05, 4.69) is 15.4 Å². The van der Waals surface area contributed by atoms with Gasteiger partial charge in [-0.25, -0.2) is 14.1 Å². The average molecular weight is 427 g/mol. The molecule has 1 heterocycles. The van der Waals surface area contributed by atoms with Gasteiger partial charge in [-0.05, 0) is 42.5 Å². The van der Waals surface area contributed by atoms with Crippen molar-refractivity contribution in [3.63, 3.8) is 0 Å². The van der Waals surface area contributed by atoms with Crippen molar-refractivity contribution in [2.24, 2.45) is 0 Å². The number of anilines is 1. The van der Waals surface area contributed by atoms with Crippen molar-refractivity contribution >= 4 is 34.8 Å². The third-order valence-corrected chi connectivity index (χ3v) is 4.83. The summed E-state index contributed by atoms with van der Waals surface area (Å²) in [6.07, 6.45) is 0. The molecule has 0 spiro atoms. The van der Waals surface area contributed by atoms with Crippen molar-refractivity contribution in [2.75, 3.05) is 5.32 Å². The van der Waals surface area contributed by atoms with Crippen LogP contribution in [-0.2, 0) is 0 Å². The highest BCUT2D eigenvalue weighted by molar-refractivity contribution is 6.42. The molecular formula is C21H13Cl2FN4O. The van der Waals surface area contributed by atoms with Gasteiger partial charge in [0.1, 0.15) is 5.82 Å². The monoisotopic (exact) mass is 426 g/mol. The maximum absolute atomic E-state index is 13.3. The quantitative estimate of drug-likeness (QED) is 0.459. The number of rotatable bonds is 4. The molecular weight excluding hydrogens is 414 g/mol. The van der Waals surface area contributed by atoms with E-state index in [9.17, 15) is 9.18 Å². The van der Waals surface area contributed by atoms with Gasteiger partial charge in [-0.3, -0.25) is 4.79 Å². The van der Waals surface area contributed by atoms with E-state index in [0.717, 1.165) is 5.56 Å². The highest BCUT2D eigenvalue weighted by Crippen LogP contribution is 2.26. The average Bonchev–Trinajstić information content (AvgIpc) is 3.18. The van der Waals surface area contributed by atoms with E-state index in [0.29, 0.717) is 27.2 Å². The van der Waals surface area contributed by atoms with Crippen LogP contribution in [0.4, 0.5) is 10.1 Å². The zero-order chi connectivity index (χ0) is 20.4. The summed E-state index contributed by atoms with van der Waals surface area (Å²) in [7, 11) is 0. The molecule has 29 heavy (non-hydrogen) atoms. The molecule has 144 valence electrons. The van der Waals surface area contributed by atoms with Crippen LogP contribution in [0.1, 0.15) is 10.6 Å². The van der Waals surface area contributed by atoms with Crippen LogP contribution in [0.15, 0.2) is 72.8 Å². The van der Waals surface area contributed by atoms with E-state index in [1.165, 1.54) is 22.9 Å². The number of carbonyl (C=O) groups is 1. The van der Waals surface area contributed by atoms with Gasteiger partial charge < -0.3 is 5.32 Å². The number of nitrogens with one attached hydrogen (secondary N) is 1. The Morgan fingerprint density at radius 1 is 0.931 bits per heavy atom. The molecule has 3 aromatic carbocycles. The number of amides is 1. The molecule has 4 rings (SSSR count). The van der Waals surface area contributed by atoms with Gasteiger partial charge in [0.05, 0.1) is 15.7 Å². The Hall–Kier alpha value is -3.22. The van der Waals surface area contributed by atoms with Gasteiger partial charge in [-0.15, -0.1) is 5.10 Å². The fraction of sp³-hybridized carbons (Fsp3) is 0. The second kappa shape index (κ2) is 8.03. The van der Waals surface area contributed by atoms with Crippen LogP contribution in [0.3, 0.4) is 0 Å². The topological polar surface area (TPSA) is 59.8 Å². The lowest BCUT2D eigenvalue weighted by atomic mass is 10.2. The SMILES string of the molecule is O=C(Nc1ccc(Cl)c(Cl)c1)c1nc(-c2ccccc2)n(-c2ccc(F)cc2)n1. The summed E-state index contributed by atoms with van der Waals surface area (Å²) in [6, 6.07) is 19.8. The van der Waals surface area contributed by atoms with Crippen molar-refractivity contribution in [3.8, 4) is 17.1 Å². The van der Waals surface area contributed by atoms with Gasteiger partial charge >= 0.3 is 0 Å². The number of halogens is 3. The van der Waals surface area contributed by atoms with Gasteiger partial charge in [0.25, 0.3) is 5.91 Å². The molecule has 5 nitrogen and oxygen atoms in total. The zero-order valence-corrected chi connectivity index (χ0v) is 16.3. The van der Waals surface area contributed by atoms with Crippen molar-refractivity contribution < 1.29 is 9.18 Å². The van der Waals surface area contributed by atoms with Crippen molar-refractivity contribution in [1.29, 1.82) is 0 Å². The van der Waals surface area contributed by atoms with Crippen LogP contribution in [0.5, 0.6) is 0 Å². The summed E-state index contributed by atoms with van der Waals surface area (Å²) >= 11 is 11.9. The Balaban J connectivity index is 1.73. The number of nitrogens with zero attached hydrogens (tertiary/aromatic N) is 3. The Morgan fingerprint density at radius 2 is 1.66 bits per heavy atom. The predicted octanol–water partition coefficient (Wildman–Crippen LogP) is 5.63. The molecule has 1 aromatic heterocycles. The molecule has 1 N–H and O–H groups in total. The first kappa shape index (κ1) is 19.1. The molecule has 0 saturated carbocycles. The first-order valence-corrected chi connectivity index (χ1v) is 9.32. The van der Waals surface area contributed by atoms with Gasteiger partial charge in [0.2, 0.25) is 5.82 Å². The van der Waals surface area contributed by atoms with Crippen LogP contribution in [0.2, 0.25) is 10.0 Å². The van der Waals surface area contributed by atoms with Crippen LogP contribution in [-0.4, -0.2) is 20.7 Å². The van der Waals surface area contributed by atoms with Crippen LogP contribution < -0.4 is 5.32 Å². The minimum absolute atomic E-state index is 0.0424. The molecule has 0 fully saturated rings. The molecule has 0 aliphatic heterocycles. The fourth-order valence-electron chi connectivity index (χ4n) is 2.71. The summed E-state index contributed by atoms with van der Waals surface area (Å²) in [5, 5.41) is 7.74. The molecule has 0 radical (unpaired) electrons.